The molecular formula is C17H21ClN2O2. The van der Waals surface area contributed by atoms with Gasteiger partial charge in [-0.3, -0.25) is 0 Å². The van der Waals surface area contributed by atoms with Crippen molar-refractivity contribution in [1.29, 1.82) is 0 Å². The summed E-state index contributed by atoms with van der Waals surface area (Å²) in [5, 5.41) is 1.59. The lowest BCUT2D eigenvalue weighted by Crippen LogP contribution is -2.33. The van der Waals surface area contributed by atoms with Gasteiger partial charge in [-0.25, -0.2) is 4.79 Å². The number of halogens is 1. The van der Waals surface area contributed by atoms with Crippen molar-refractivity contribution in [2.24, 2.45) is 0 Å². The topological polar surface area (TPSA) is 45.3 Å². The predicted molar refractivity (Wildman–Crippen MR) is 88.8 cm³/mol. The number of aryl methyl sites for hydroxylation is 1. The number of aromatic amines is 1. The van der Waals surface area contributed by atoms with Crippen LogP contribution in [0.2, 0.25) is 5.02 Å². The Hall–Kier alpha value is -1.52. The molecule has 1 heterocycles. The van der Waals surface area contributed by atoms with Gasteiger partial charge < -0.3 is 14.6 Å². The lowest BCUT2D eigenvalue weighted by molar-refractivity contribution is 0.0528. The molecular weight excluding hydrogens is 300 g/mol. The van der Waals surface area contributed by atoms with E-state index in [1.54, 1.807) is 12.1 Å². The molecule has 1 aromatic carbocycles. The molecule has 0 fully saturated rings. The normalized spacial score (nSPS) is 17.8. The Balaban J connectivity index is 2.17. The fourth-order valence-electron chi connectivity index (χ4n) is 3.30. The van der Waals surface area contributed by atoms with Crippen LogP contribution in [-0.2, 0) is 17.6 Å². The van der Waals surface area contributed by atoms with Crippen LogP contribution in [0.5, 0.6) is 0 Å². The molecule has 3 rings (SSSR count). The zero-order valence-corrected chi connectivity index (χ0v) is 14.0. The van der Waals surface area contributed by atoms with Crippen LogP contribution >= 0.6 is 11.6 Å². The smallest absolute Gasteiger partial charge is 0.338 e. The molecule has 4 nitrogen and oxygen atoms in total. The Morgan fingerprint density at radius 2 is 2.23 bits per heavy atom. The number of esters is 1. The molecule has 0 saturated carbocycles. The highest BCUT2D eigenvalue weighted by Crippen LogP contribution is 2.36. The Morgan fingerprint density at radius 1 is 1.45 bits per heavy atom. The van der Waals surface area contributed by atoms with Gasteiger partial charge in [0.25, 0.3) is 0 Å². The molecule has 1 aliphatic carbocycles. The van der Waals surface area contributed by atoms with E-state index in [4.69, 9.17) is 16.3 Å². The summed E-state index contributed by atoms with van der Waals surface area (Å²) < 4.78 is 5.20. The monoisotopic (exact) mass is 320 g/mol. The van der Waals surface area contributed by atoms with E-state index in [2.05, 4.69) is 24.0 Å². The van der Waals surface area contributed by atoms with Crippen LogP contribution in [0.25, 0.3) is 10.9 Å². The quantitative estimate of drug-likeness (QED) is 0.881. The second kappa shape index (κ2) is 5.94. The summed E-state index contributed by atoms with van der Waals surface area (Å²) in [5.41, 5.74) is 3.88. The van der Waals surface area contributed by atoms with Gasteiger partial charge in [0.05, 0.1) is 22.7 Å². The predicted octanol–water partition coefficient (Wildman–Crippen LogP) is 3.42. The third-order valence-corrected chi connectivity index (χ3v) is 4.80. The van der Waals surface area contributed by atoms with Gasteiger partial charge in [-0.05, 0) is 58.0 Å². The first kappa shape index (κ1) is 15.4. The van der Waals surface area contributed by atoms with E-state index < -0.39 is 0 Å². The molecule has 1 aliphatic rings. The SMILES string of the molecule is CCOC(=O)c1ccc(Cl)c2[nH]c3c(c12)CC(N(C)C)CC3. The minimum Gasteiger partial charge on any atom is -0.462 e. The molecule has 22 heavy (non-hydrogen) atoms. The van der Waals surface area contributed by atoms with Crippen molar-refractivity contribution in [2.45, 2.75) is 32.2 Å². The molecule has 1 aromatic heterocycles. The van der Waals surface area contributed by atoms with Crippen LogP contribution in [0.15, 0.2) is 12.1 Å². The number of carbonyl (C=O) groups excluding carboxylic acids is 1. The second-order valence-corrected chi connectivity index (χ2v) is 6.41. The summed E-state index contributed by atoms with van der Waals surface area (Å²) in [6, 6.07) is 4.03. The Bertz CT molecular complexity index is 721. The lowest BCUT2D eigenvalue weighted by Gasteiger charge is -2.28. The Labute approximate surface area is 135 Å². The maximum atomic E-state index is 12.3. The van der Waals surface area contributed by atoms with Crippen molar-refractivity contribution in [3.63, 3.8) is 0 Å². The van der Waals surface area contributed by atoms with Crippen LogP contribution in [0.1, 0.15) is 35.0 Å². The summed E-state index contributed by atoms with van der Waals surface area (Å²) in [6.07, 6.45) is 3.01. The summed E-state index contributed by atoms with van der Waals surface area (Å²) >= 11 is 6.34. The van der Waals surface area contributed by atoms with Crippen molar-refractivity contribution in [2.75, 3.05) is 20.7 Å². The number of likely N-dealkylation sites (N-methyl/N-ethyl adjacent to an activating group) is 1. The highest BCUT2D eigenvalue weighted by Gasteiger charge is 2.27. The van der Waals surface area contributed by atoms with Gasteiger partial charge in [0.1, 0.15) is 0 Å². The summed E-state index contributed by atoms with van der Waals surface area (Å²) in [6.45, 7) is 2.19. The summed E-state index contributed by atoms with van der Waals surface area (Å²) in [5.74, 6) is -0.280. The minimum atomic E-state index is -0.280. The van der Waals surface area contributed by atoms with Crippen molar-refractivity contribution in [1.82, 2.24) is 9.88 Å². The standard InChI is InChI=1S/C17H21ClN2O2/c1-4-22-17(21)11-6-7-13(18)16-15(11)12-9-10(20(2)3)5-8-14(12)19-16/h6-7,10,19H,4-5,8-9H2,1-3H3. The number of benzene rings is 1. The van der Waals surface area contributed by atoms with Crippen LogP contribution < -0.4 is 0 Å². The van der Waals surface area contributed by atoms with Crippen LogP contribution in [0.4, 0.5) is 0 Å². The minimum absolute atomic E-state index is 0.280. The first-order valence-electron chi connectivity index (χ1n) is 7.68. The van der Waals surface area contributed by atoms with Gasteiger partial charge in [-0.2, -0.15) is 0 Å². The van der Waals surface area contributed by atoms with Crippen LogP contribution in [0, 0.1) is 0 Å². The molecule has 1 atom stereocenters. The molecule has 118 valence electrons. The van der Waals surface area contributed by atoms with E-state index in [0.717, 1.165) is 30.2 Å². The molecule has 0 radical (unpaired) electrons. The second-order valence-electron chi connectivity index (χ2n) is 6.01. The van der Waals surface area contributed by atoms with Gasteiger partial charge in [-0.15, -0.1) is 0 Å². The van der Waals surface area contributed by atoms with E-state index in [0.29, 0.717) is 23.2 Å². The van der Waals surface area contributed by atoms with Crippen molar-refractivity contribution >= 4 is 28.5 Å². The van der Waals surface area contributed by atoms with E-state index in [9.17, 15) is 4.79 Å². The molecule has 1 unspecified atom stereocenters. The highest BCUT2D eigenvalue weighted by molar-refractivity contribution is 6.35. The molecule has 0 spiro atoms. The van der Waals surface area contributed by atoms with Crippen LogP contribution in [0.3, 0.4) is 0 Å². The lowest BCUT2D eigenvalue weighted by atomic mass is 9.89. The van der Waals surface area contributed by atoms with Gasteiger partial charge >= 0.3 is 5.97 Å². The average Bonchev–Trinajstić information content (AvgIpc) is 2.87. The van der Waals surface area contributed by atoms with Crippen molar-refractivity contribution in [3.05, 3.63) is 34.0 Å². The number of H-pyrrole nitrogens is 1. The molecule has 0 bridgehead atoms. The van der Waals surface area contributed by atoms with Gasteiger partial charge in [-0.1, -0.05) is 11.6 Å². The third-order valence-electron chi connectivity index (χ3n) is 4.49. The fourth-order valence-corrected chi connectivity index (χ4v) is 3.50. The number of fused-ring (bicyclic) bond motifs is 3. The molecule has 5 heteroatoms. The number of ether oxygens (including phenoxy) is 1. The molecule has 0 saturated heterocycles. The van der Waals surface area contributed by atoms with E-state index in [-0.39, 0.29) is 5.97 Å². The largest absolute Gasteiger partial charge is 0.462 e. The van der Waals surface area contributed by atoms with Crippen molar-refractivity contribution in [3.8, 4) is 0 Å². The number of hydrogen-bond donors (Lipinski definition) is 1. The first-order valence-corrected chi connectivity index (χ1v) is 8.06. The number of nitrogens with one attached hydrogen (secondary N) is 1. The Morgan fingerprint density at radius 3 is 2.91 bits per heavy atom. The third kappa shape index (κ3) is 2.50. The van der Waals surface area contributed by atoms with E-state index in [1.165, 1.54) is 11.3 Å². The first-order chi connectivity index (χ1) is 10.5. The zero-order valence-electron chi connectivity index (χ0n) is 13.2. The van der Waals surface area contributed by atoms with Crippen molar-refractivity contribution < 1.29 is 9.53 Å². The highest BCUT2D eigenvalue weighted by atomic mass is 35.5. The van der Waals surface area contributed by atoms with Gasteiger partial charge in [0.2, 0.25) is 0 Å². The summed E-state index contributed by atoms with van der Waals surface area (Å²) in [7, 11) is 4.20. The zero-order chi connectivity index (χ0) is 15.9. The maximum Gasteiger partial charge on any atom is 0.338 e. The number of rotatable bonds is 3. The molecule has 1 N–H and O–H groups in total. The number of nitrogens with zero attached hydrogens (tertiary/aromatic N) is 1. The number of aromatic nitrogens is 1. The molecule has 2 aromatic rings. The Kier molecular flexibility index (Phi) is 4.15. The molecule has 0 aliphatic heterocycles. The van der Waals surface area contributed by atoms with Crippen LogP contribution in [-0.4, -0.2) is 42.6 Å². The van der Waals surface area contributed by atoms with Gasteiger partial charge in [0.15, 0.2) is 0 Å². The number of carbonyl (C=O) groups is 1. The van der Waals surface area contributed by atoms with E-state index in [1.807, 2.05) is 6.92 Å². The van der Waals surface area contributed by atoms with E-state index >= 15 is 0 Å². The summed E-state index contributed by atoms with van der Waals surface area (Å²) in [4.78, 5) is 17.9. The number of hydrogen-bond acceptors (Lipinski definition) is 3. The fraction of sp³-hybridized carbons (Fsp3) is 0.471. The average molecular weight is 321 g/mol. The maximum absolute atomic E-state index is 12.3. The molecule has 0 amide bonds. The van der Waals surface area contributed by atoms with Gasteiger partial charge in [0, 0.05) is 17.1 Å².